The molecule has 0 unspecified atom stereocenters. The van der Waals surface area contributed by atoms with Crippen molar-refractivity contribution in [2.75, 3.05) is 25.9 Å². The normalized spacial score (nSPS) is 17.1. The van der Waals surface area contributed by atoms with E-state index in [2.05, 4.69) is 11.8 Å². The Kier molecular flexibility index (Phi) is 3.34. The van der Waals surface area contributed by atoms with Crippen molar-refractivity contribution >= 4 is 5.69 Å². The van der Waals surface area contributed by atoms with E-state index in [1.54, 1.807) is 7.11 Å². The molecule has 1 saturated heterocycles. The molecule has 1 heterocycles. The minimum absolute atomic E-state index is 0.809. The maximum absolute atomic E-state index is 5.80. The van der Waals surface area contributed by atoms with Crippen LogP contribution in [0.4, 0.5) is 5.69 Å². The highest BCUT2D eigenvalue weighted by Crippen LogP contribution is 2.26. The Morgan fingerprint density at radius 1 is 1.44 bits per heavy atom. The lowest BCUT2D eigenvalue weighted by Gasteiger charge is -2.39. The van der Waals surface area contributed by atoms with Crippen LogP contribution in [0.2, 0.25) is 0 Å². The fourth-order valence-electron chi connectivity index (χ4n) is 2.23. The van der Waals surface area contributed by atoms with E-state index in [4.69, 9.17) is 10.5 Å². The molecule has 1 aliphatic rings. The molecule has 0 amide bonds. The second kappa shape index (κ2) is 4.74. The van der Waals surface area contributed by atoms with E-state index < -0.39 is 0 Å². The van der Waals surface area contributed by atoms with Crippen LogP contribution in [0.1, 0.15) is 18.9 Å². The highest BCUT2D eigenvalue weighted by Gasteiger charge is 2.25. The van der Waals surface area contributed by atoms with Gasteiger partial charge < -0.3 is 10.5 Å². The zero-order chi connectivity index (χ0) is 11.5. The number of ether oxygens (including phenoxy) is 1. The quantitative estimate of drug-likeness (QED) is 0.790. The van der Waals surface area contributed by atoms with Crippen molar-refractivity contribution in [1.29, 1.82) is 0 Å². The zero-order valence-electron chi connectivity index (χ0n) is 10.1. The monoisotopic (exact) mass is 220 g/mol. The van der Waals surface area contributed by atoms with Gasteiger partial charge in [-0.05, 0) is 24.1 Å². The smallest absolute Gasteiger partial charge is 0.123 e. The minimum atomic E-state index is 0.809. The summed E-state index contributed by atoms with van der Waals surface area (Å²) in [6, 6.07) is 5.84. The van der Waals surface area contributed by atoms with Crippen LogP contribution in [0.5, 0.6) is 5.75 Å². The first-order valence-electron chi connectivity index (χ1n) is 5.87. The zero-order valence-corrected chi connectivity index (χ0v) is 10.1. The highest BCUT2D eigenvalue weighted by molar-refractivity contribution is 5.47. The molecule has 16 heavy (non-hydrogen) atoms. The Morgan fingerprint density at radius 3 is 2.81 bits per heavy atom. The third-order valence-corrected chi connectivity index (χ3v) is 3.31. The Hall–Kier alpha value is -1.22. The summed E-state index contributed by atoms with van der Waals surface area (Å²) >= 11 is 0. The van der Waals surface area contributed by atoms with Gasteiger partial charge in [-0.2, -0.15) is 0 Å². The number of nitrogen functional groups attached to an aromatic ring is 1. The minimum Gasteiger partial charge on any atom is -0.496 e. The lowest BCUT2D eigenvalue weighted by molar-refractivity contribution is 0.0890. The molecule has 1 aliphatic heterocycles. The number of rotatable bonds is 4. The molecule has 1 aromatic rings. The molecule has 0 bridgehead atoms. The standard InChI is InChI=1S/C13H20N2O/c1-3-10-7-15(8-10)9-11-6-12(14)4-5-13(11)16-2/h4-6,10H,3,7-9,14H2,1-2H3. The Labute approximate surface area is 97.2 Å². The summed E-state index contributed by atoms with van der Waals surface area (Å²) in [7, 11) is 1.71. The Balaban J connectivity index is 2.01. The lowest BCUT2D eigenvalue weighted by atomic mass is 9.96. The summed E-state index contributed by atoms with van der Waals surface area (Å²) in [5.74, 6) is 1.82. The molecule has 0 aromatic heterocycles. The number of likely N-dealkylation sites (tertiary alicyclic amines) is 1. The molecule has 3 heteroatoms. The third kappa shape index (κ3) is 2.30. The topological polar surface area (TPSA) is 38.5 Å². The molecule has 3 nitrogen and oxygen atoms in total. The number of nitrogens with two attached hydrogens (primary N) is 1. The molecule has 1 aromatic carbocycles. The van der Waals surface area contributed by atoms with E-state index in [9.17, 15) is 0 Å². The first-order chi connectivity index (χ1) is 7.72. The van der Waals surface area contributed by atoms with Gasteiger partial charge in [-0.3, -0.25) is 4.90 Å². The van der Waals surface area contributed by atoms with E-state index in [0.29, 0.717) is 0 Å². The van der Waals surface area contributed by atoms with Gasteiger partial charge in [0.25, 0.3) is 0 Å². The fourth-order valence-corrected chi connectivity index (χ4v) is 2.23. The van der Waals surface area contributed by atoms with Crippen LogP contribution in [-0.2, 0) is 6.54 Å². The summed E-state index contributed by atoms with van der Waals surface area (Å²) in [6.45, 7) is 5.61. The first-order valence-corrected chi connectivity index (χ1v) is 5.87. The van der Waals surface area contributed by atoms with Crippen LogP contribution in [0, 0.1) is 5.92 Å². The largest absolute Gasteiger partial charge is 0.496 e. The van der Waals surface area contributed by atoms with E-state index in [0.717, 1.165) is 23.9 Å². The number of methoxy groups -OCH3 is 1. The number of hydrogen-bond acceptors (Lipinski definition) is 3. The first kappa shape index (κ1) is 11.3. The van der Waals surface area contributed by atoms with Crippen LogP contribution in [0.3, 0.4) is 0 Å². The van der Waals surface area contributed by atoms with Gasteiger partial charge in [0.1, 0.15) is 5.75 Å². The summed E-state index contributed by atoms with van der Waals surface area (Å²) in [6.07, 6.45) is 1.28. The maximum Gasteiger partial charge on any atom is 0.123 e. The van der Waals surface area contributed by atoms with Crippen molar-refractivity contribution in [2.45, 2.75) is 19.9 Å². The van der Waals surface area contributed by atoms with Crippen LogP contribution >= 0.6 is 0 Å². The number of anilines is 1. The van der Waals surface area contributed by atoms with Gasteiger partial charge in [0.2, 0.25) is 0 Å². The van der Waals surface area contributed by atoms with E-state index in [1.165, 1.54) is 25.1 Å². The number of benzene rings is 1. The van der Waals surface area contributed by atoms with Gasteiger partial charge in [0.05, 0.1) is 7.11 Å². The highest BCUT2D eigenvalue weighted by atomic mass is 16.5. The Morgan fingerprint density at radius 2 is 2.19 bits per heavy atom. The molecule has 2 rings (SSSR count). The molecule has 0 aliphatic carbocycles. The van der Waals surface area contributed by atoms with Gasteiger partial charge >= 0.3 is 0 Å². The predicted molar refractivity (Wildman–Crippen MR) is 66.5 cm³/mol. The number of hydrogen-bond donors (Lipinski definition) is 1. The van der Waals surface area contributed by atoms with Gasteiger partial charge in [-0.15, -0.1) is 0 Å². The van der Waals surface area contributed by atoms with Crippen molar-refractivity contribution in [3.05, 3.63) is 23.8 Å². The molecule has 88 valence electrons. The van der Waals surface area contributed by atoms with Crippen LogP contribution in [0.25, 0.3) is 0 Å². The molecular formula is C13H20N2O. The molecule has 2 N–H and O–H groups in total. The molecule has 1 fully saturated rings. The van der Waals surface area contributed by atoms with Crippen molar-refractivity contribution in [3.8, 4) is 5.75 Å². The Bertz CT molecular complexity index is 359. The average molecular weight is 220 g/mol. The summed E-state index contributed by atoms with van der Waals surface area (Å²) in [5, 5.41) is 0. The molecule has 0 saturated carbocycles. The van der Waals surface area contributed by atoms with Gasteiger partial charge in [-0.1, -0.05) is 13.3 Å². The predicted octanol–water partition coefficient (Wildman–Crippen LogP) is 2.12. The number of nitrogens with zero attached hydrogens (tertiary/aromatic N) is 1. The van der Waals surface area contributed by atoms with Gasteiger partial charge in [-0.25, -0.2) is 0 Å². The second-order valence-corrected chi connectivity index (χ2v) is 4.54. The van der Waals surface area contributed by atoms with Crippen molar-refractivity contribution < 1.29 is 4.74 Å². The second-order valence-electron chi connectivity index (χ2n) is 4.54. The third-order valence-electron chi connectivity index (χ3n) is 3.31. The average Bonchev–Trinajstić information content (AvgIpc) is 2.23. The SMILES string of the molecule is CCC1CN(Cc2cc(N)ccc2OC)C1. The van der Waals surface area contributed by atoms with Gasteiger partial charge in [0.15, 0.2) is 0 Å². The van der Waals surface area contributed by atoms with Crippen LogP contribution in [0.15, 0.2) is 18.2 Å². The summed E-state index contributed by atoms with van der Waals surface area (Å²) in [5.41, 5.74) is 7.80. The van der Waals surface area contributed by atoms with E-state index in [-0.39, 0.29) is 0 Å². The van der Waals surface area contributed by atoms with Crippen LogP contribution < -0.4 is 10.5 Å². The van der Waals surface area contributed by atoms with Gasteiger partial charge in [0, 0.05) is 30.9 Å². The van der Waals surface area contributed by atoms with Crippen molar-refractivity contribution in [1.82, 2.24) is 4.90 Å². The van der Waals surface area contributed by atoms with E-state index in [1.807, 2.05) is 18.2 Å². The van der Waals surface area contributed by atoms with Crippen LogP contribution in [-0.4, -0.2) is 25.1 Å². The molecular weight excluding hydrogens is 200 g/mol. The molecule has 0 radical (unpaired) electrons. The molecule has 0 atom stereocenters. The lowest BCUT2D eigenvalue weighted by Crippen LogP contribution is -2.45. The summed E-state index contributed by atoms with van der Waals surface area (Å²) < 4.78 is 5.34. The maximum atomic E-state index is 5.80. The van der Waals surface area contributed by atoms with Crippen molar-refractivity contribution in [2.24, 2.45) is 5.92 Å². The summed E-state index contributed by atoms with van der Waals surface area (Å²) in [4.78, 5) is 2.44. The van der Waals surface area contributed by atoms with Crippen molar-refractivity contribution in [3.63, 3.8) is 0 Å². The van der Waals surface area contributed by atoms with E-state index >= 15 is 0 Å². The molecule has 0 spiro atoms. The fraction of sp³-hybridized carbons (Fsp3) is 0.538.